The number of aliphatic hydroxyl groups is 1. The highest BCUT2D eigenvalue weighted by atomic mass is 35.5. The minimum absolute atomic E-state index is 0.163. The SMILES string of the molecule is Cc1cc(N(C)C2(/C(C(=O)c3ccccc3)=C(/O)C=O)C(=O)Nc3cc(Cl)ccc32)nn1C. The van der Waals surface area contributed by atoms with Gasteiger partial charge in [0.05, 0.1) is 5.57 Å². The Bertz CT molecular complexity index is 1300. The number of Topliss-reactive ketones (excluding diaryl/α,β-unsaturated/α-hetero) is 1. The summed E-state index contributed by atoms with van der Waals surface area (Å²) in [6.07, 6.45) is 0.163. The fraction of sp³-hybridized carbons (Fsp3) is 0.167. The first-order valence-electron chi connectivity index (χ1n) is 10.1. The van der Waals surface area contributed by atoms with Gasteiger partial charge in [-0.1, -0.05) is 48.0 Å². The molecule has 1 amide bonds. The number of amides is 1. The van der Waals surface area contributed by atoms with E-state index in [2.05, 4.69) is 10.4 Å². The van der Waals surface area contributed by atoms with Crippen molar-refractivity contribution in [3.63, 3.8) is 0 Å². The fourth-order valence-electron chi connectivity index (χ4n) is 4.16. The highest BCUT2D eigenvalue weighted by Crippen LogP contribution is 2.48. The Morgan fingerprint density at radius 1 is 1.21 bits per heavy atom. The molecule has 33 heavy (non-hydrogen) atoms. The molecule has 1 aromatic heterocycles. The minimum atomic E-state index is -1.89. The van der Waals surface area contributed by atoms with Gasteiger partial charge < -0.3 is 15.3 Å². The van der Waals surface area contributed by atoms with Crippen molar-refractivity contribution in [2.75, 3.05) is 17.3 Å². The topological polar surface area (TPSA) is 105 Å². The molecule has 1 unspecified atom stereocenters. The zero-order valence-corrected chi connectivity index (χ0v) is 18.9. The number of carbonyl (C=O) groups is 3. The van der Waals surface area contributed by atoms with Crippen LogP contribution in [0.5, 0.6) is 0 Å². The van der Waals surface area contributed by atoms with Gasteiger partial charge >= 0.3 is 0 Å². The number of allylic oxidation sites excluding steroid dienone is 1. The number of hydrogen-bond acceptors (Lipinski definition) is 6. The number of aldehydes is 1. The maximum Gasteiger partial charge on any atom is 0.260 e. The molecule has 0 fully saturated rings. The predicted octanol–water partition coefficient (Wildman–Crippen LogP) is 3.56. The first kappa shape index (κ1) is 22.3. The minimum Gasteiger partial charge on any atom is -0.504 e. The molecule has 0 saturated carbocycles. The molecule has 3 aromatic rings. The van der Waals surface area contributed by atoms with Crippen molar-refractivity contribution in [2.24, 2.45) is 7.05 Å². The number of rotatable bonds is 6. The van der Waals surface area contributed by atoms with E-state index in [-0.39, 0.29) is 17.4 Å². The Hall–Kier alpha value is -3.91. The van der Waals surface area contributed by atoms with Gasteiger partial charge in [-0.15, -0.1) is 0 Å². The number of nitrogens with zero attached hydrogens (tertiary/aromatic N) is 3. The summed E-state index contributed by atoms with van der Waals surface area (Å²) < 4.78 is 1.62. The van der Waals surface area contributed by atoms with E-state index in [0.717, 1.165) is 5.69 Å². The second-order valence-electron chi connectivity index (χ2n) is 7.75. The molecule has 2 N–H and O–H groups in total. The highest BCUT2D eigenvalue weighted by molar-refractivity contribution is 6.31. The number of aliphatic hydroxyl groups excluding tert-OH is 1. The lowest BCUT2D eigenvalue weighted by molar-refractivity contribution is -0.119. The van der Waals surface area contributed by atoms with Crippen LogP contribution in [-0.2, 0) is 22.2 Å². The van der Waals surface area contributed by atoms with Crippen molar-refractivity contribution >= 4 is 41.1 Å². The van der Waals surface area contributed by atoms with Crippen LogP contribution in [0.1, 0.15) is 21.6 Å². The molecule has 2 heterocycles. The second-order valence-corrected chi connectivity index (χ2v) is 8.19. The molecule has 9 heteroatoms. The van der Waals surface area contributed by atoms with E-state index in [4.69, 9.17) is 11.6 Å². The molecule has 168 valence electrons. The number of likely N-dealkylation sites (N-methyl/N-ethyl adjacent to an activating group) is 1. The number of halogens is 1. The van der Waals surface area contributed by atoms with E-state index >= 15 is 0 Å². The Kier molecular flexibility index (Phi) is 5.55. The molecule has 8 nitrogen and oxygen atoms in total. The lowest BCUT2D eigenvalue weighted by Crippen LogP contribution is -2.53. The number of benzene rings is 2. The average molecular weight is 465 g/mol. The Labute approximate surface area is 195 Å². The molecule has 1 atom stereocenters. The van der Waals surface area contributed by atoms with Crippen LogP contribution in [0.15, 0.2) is 65.9 Å². The Balaban J connectivity index is 2.07. The molecular weight excluding hydrogens is 444 g/mol. The number of aromatic nitrogens is 2. The number of hydrogen-bond donors (Lipinski definition) is 2. The summed E-state index contributed by atoms with van der Waals surface area (Å²) >= 11 is 6.15. The molecule has 1 aliphatic heterocycles. The Morgan fingerprint density at radius 3 is 2.52 bits per heavy atom. The second kappa shape index (κ2) is 8.22. The predicted molar refractivity (Wildman–Crippen MR) is 125 cm³/mol. The molecular formula is C24H21ClN4O4. The number of carbonyl (C=O) groups excluding carboxylic acids is 3. The van der Waals surface area contributed by atoms with Crippen LogP contribution >= 0.6 is 11.6 Å². The quantitative estimate of drug-likeness (QED) is 0.250. The molecule has 0 aliphatic carbocycles. The van der Waals surface area contributed by atoms with Gasteiger partial charge in [-0.05, 0) is 19.1 Å². The summed E-state index contributed by atoms with van der Waals surface area (Å²) in [7, 11) is 3.33. The van der Waals surface area contributed by atoms with Crippen LogP contribution < -0.4 is 10.2 Å². The summed E-state index contributed by atoms with van der Waals surface area (Å²) in [5.41, 5.74) is -0.534. The third kappa shape index (κ3) is 3.39. The van der Waals surface area contributed by atoms with Crippen LogP contribution in [-0.4, -0.2) is 39.9 Å². The van der Waals surface area contributed by atoms with Crippen molar-refractivity contribution in [1.29, 1.82) is 0 Å². The first-order chi connectivity index (χ1) is 15.7. The summed E-state index contributed by atoms with van der Waals surface area (Å²) in [6.45, 7) is 1.84. The molecule has 0 saturated heterocycles. The zero-order valence-electron chi connectivity index (χ0n) is 18.2. The maximum atomic E-state index is 13.7. The lowest BCUT2D eigenvalue weighted by atomic mass is 9.77. The van der Waals surface area contributed by atoms with Crippen molar-refractivity contribution in [2.45, 2.75) is 12.5 Å². The monoisotopic (exact) mass is 464 g/mol. The zero-order chi connectivity index (χ0) is 23.9. The smallest absolute Gasteiger partial charge is 0.260 e. The van der Waals surface area contributed by atoms with Crippen molar-refractivity contribution < 1.29 is 19.5 Å². The third-order valence-electron chi connectivity index (χ3n) is 5.89. The maximum absolute atomic E-state index is 13.7. The standard InChI is InChI=1S/C24H21ClN4O4/c1-14-11-20(27-29(14)3)28(2)24(17-10-9-16(25)12-18(17)26-23(24)33)21(19(31)13-30)22(32)15-7-5-4-6-8-15/h4-13,31H,1-3H3,(H,26,33)/b21-19+. The number of anilines is 2. The molecule has 0 radical (unpaired) electrons. The van der Waals surface area contributed by atoms with Gasteiger partial charge in [-0.25, -0.2) is 0 Å². The van der Waals surface area contributed by atoms with Gasteiger partial charge in [0.1, 0.15) is 0 Å². The van der Waals surface area contributed by atoms with Crippen LogP contribution in [0.3, 0.4) is 0 Å². The highest BCUT2D eigenvalue weighted by Gasteiger charge is 2.57. The summed E-state index contributed by atoms with van der Waals surface area (Å²) in [4.78, 5) is 40.8. The number of nitrogens with one attached hydrogen (secondary N) is 1. The normalized spacial score (nSPS) is 17.8. The van der Waals surface area contributed by atoms with Crippen LogP contribution in [0, 0.1) is 6.92 Å². The molecule has 0 spiro atoms. The van der Waals surface area contributed by atoms with E-state index in [1.54, 1.807) is 73.4 Å². The van der Waals surface area contributed by atoms with Gasteiger partial charge in [-0.3, -0.25) is 19.1 Å². The third-order valence-corrected chi connectivity index (χ3v) is 6.12. The van der Waals surface area contributed by atoms with E-state index in [0.29, 0.717) is 22.1 Å². The van der Waals surface area contributed by atoms with Gasteiger partial charge in [0.25, 0.3) is 5.91 Å². The largest absolute Gasteiger partial charge is 0.504 e. The van der Waals surface area contributed by atoms with Gasteiger partial charge in [0, 0.05) is 47.7 Å². The number of fused-ring (bicyclic) bond motifs is 1. The van der Waals surface area contributed by atoms with E-state index in [1.165, 1.54) is 4.90 Å². The van der Waals surface area contributed by atoms with E-state index in [1.807, 2.05) is 6.92 Å². The van der Waals surface area contributed by atoms with Crippen LogP contribution in [0.2, 0.25) is 5.02 Å². The number of ketones is 1. The summed E-state index contributed by atoms with van der Waals surface area (Å²) in [6, 6.07) is 14.6. The summed E-state index contributed by atoms with van der Waals surface area (Å²) in [5, 5.41) is 18.3. The van der Waals surface area contributed by atoms with Gasteiger partial charge in [-0.2, -0.15) is 5.10 Å². The lowest BCUT2D eigenvalue weighted by Gasteiger charge is -2.38. The summed E-state index contributed by atoms with van der Waals surface area (Å²) in [5.74, 6) is -1.78. The van der Waals surface area contributed by atoms with E-state index in [9.17, 15) is 19.5 Å². The molecule has 0 bridgehead atoms. The van der Waals surface area contributed by atoms with Gasteiger partial charge in [0.2, 0.25) is 0 Å². The molecule has 1 aliphatic rings. The fourth-order valence-corrected chi connectivity index (χ4v) is 4.33. The molecule has 2 aromatic carbocycles. The van der Waals surface area contributed by atoms with Crippen LogP contribution in [0.25, 0.3) is 0 Å². The van der Waals surface area contributed by atoms with Crippen molar-refractivity contribution in [3.8, 4) is 0 Å². The van der Waals surface area contributed by atoms with Crippen molar-refractivity contribution in [3.05, 3.63) is 87.8 Å². The van der Waals surface area contributed by atoms with Crippen LogP contribution in [0.4, 0.5) is 11.5 Å². The van der Waals surface area contributed by atoms with Crippen molar-refractivity contribution in [1.82, 2.24) is 9.78 Å². The average Bonchev–Trinajstić information content (AvgIpc) is 3.29. The number of aryl methyl sites for hydroxylation is 2. The van der Waals surface area contributed by atoms with E-state index < -0.39 is 23.0 Å². The first-order valence-corrected chi connectivity index (χ1v) is 10.4. The Morgan fingerprint density at radius 2 is 1.91 bits per heavy atom. The molecule has 4 rings (SSSR count). The van der Waals surface area contributed by atoms with Gasteiger partial charge in [0.15, 0.2) is 29.2 Å².